The Kier molecular flexibility index (Phi) is 4.82. The zero-order valence-corrected chi connectivity index (χ0v) is 11.6. The Morgan fingerprint density at radius 3 is 2.52 bits per heavy atom. The second kappa shape index (κ2) is 6.43. The van der Waals surface area contributed by atoms with Gasteiger partial charge in [-0.05, 0) is 44.4 Å². The van der Waals surface area contributed by atoms with Gasteiger partial charge in [0.2, 0.25) is 0 Å². The van der Waals surface area contributed by atoms with E-state index in [0.717, 1.165) is 31.4 Å². The summed E-state index contributed by atoms with van der Waals surface area (Å²) in [5.74, 6) is -0.318. The van der Waals surface area contributed by atoms with Crippen LogP contribution in [0, 0.1) is 0 Å². The highest BCUT2D eigenvalue weighted by Gasteiger charge is 2.32. The third kappa shape index (κ3) is 3.72. The molecule has 2 N–H and O–H groups in total. The molecule has 4 nitrogen and oxygen atoms in total. The Balaban J connectivity index is 2.12. The summed E-state index contributed by atoms with van der Waals surface area (Å²) in [7, 11) is 0. The fraction of sp³-hybridized carbons (Fsp3) is 0.571. The van der Waals surface area contributed by atoms with Crippen LogP contribution in [0.3, 0.4) is 0 Å². The molecular formula is C14H18F3N3O. The van der Waals surface area contributed by atoms with Crippen LogP contribution in [-0.4, -0.2) is 34.9 Å². The van der Waals surface area contributed by atoms with Crippen LogP contribution in [0.15, 0.2) is 18.3 Å². The molecule has 0 bridgehead atoms. The first-order valence-electron chi connectivity index (χ1n) is 6.98. The summed E-state index contributed by atoms with van der Waals surface area (Å²) in [6.45, 7) is 0.986. The summed E-state index contributed by atoms with van der Waals surface area (Å²) in [4.78, 5) is 17.7. The summed E-state index contributed by atoms with van der Waals surface area (Å²) in [5, 5.41) is 0. The zero-order valence-electron chi connectivity index (χ0n) is 11.6. The largest absolute Gasteiger partial charge is 0.417 e. The summed E-state index contributed by atoms with van der Waals surface area (Å²) in [6.07, 6.45) is -0.148. The maximum atomic E-state index is 12.5. The fourth-order valence-electron chi connectivity index (χ4n) is 2.25. The number of carbonyl (C=O) groups excluding carboxylic acids is 1. The van der Waals surface area contributed by atoms with E-state index in [4.69, 9.17) is 5.73 Å². The summed E-state index contributed by atoms with van der Waals surface area (Å²) >= 11 is 0. The third-order valence-corrected chi connectivity index (χ3v) is 3.69. The third-order valence-electron chi connectivity index (χ3n) is 3.69. The SMILES string of the molecule is NCCCN(C(=O)c1ccc(C(F)(F)F)cn1)C1CCC1. The van der Waals surface area contributed by atoms with Gasteiger partial charge in [-0.15, -0.1) is 0 Å². The molecule has 7 heteroatoms. The quantitative estimate of drug-likeness (QED) is 0.908. The van der Waals surface area contributed by atoms with Crippen LogP contribution < -0.4 is 5.73 Å². The van der Waals surface area contributed by atoms with Gasteiger partial charge < -0.3 is 10.6 Å². The van der Waals surface area contributed by atoms with Crippen molar-refractivity contribution >= 4 is 5.91 Å². The zero-order chi connectivity index (χ0) is 15.5. The number of nitrogens with zero attached hydrogens (tertiary/aromatic N) is 2. The van der Waals surface area contributed by atoms with Gasteiger partial charge in [0.1, 0.15) is 5.69 Å². The Morgan fingerprint density at radius 1 is 1.38 bits per heavy atom. The molecule has 1 heterocycles. The molecule has 1 fully saturated rings. The van der Waals surface area contributed by atoms with Crippen molar-refractivity contribution in [1.29, 1.82) is 0 Å². The van der Waals surface area contributed by atoms with Gasteiger partial charge in [-0.1, -0.05) is 0 Å². The number of hydrogen-bond donors (Lipinski definition) is 1. The van der Waals surface area contributed by atoms with Gasteiger partial charge in [-0.3, -0.25) is 9.78 Å². The molecule has 0 unspecified atom stereocenters. The summed E-state index contributed by atoms with van der Waals surface area (Å²) in [5.41, 5.74) is 4.66. The molecule has 0 radical (unpaired) electrons. The second-order valence-corrected chi connectivity index (χ2v) is 5.16. The Hall–Kier alpha value is -1.63. The maximum Gasteiger partial charge on any atom is 0.417 e. The summed E-state index contributed by atoms with van der Waals surface area (Å²) in [6, 6.07) is 2.19. The van der Waals surface area contributed by atoms with E-state index < -0.39 is 11.7 Å². The molecule has 1 aromatic rings. The van der Waals surface area contributed by atoms with Crippen LogP contribution in [0.1, 0.15) is 41.7 Å². The van der Waals surface area contributed by atoms with E-state index in [1.807, 2.05) is 0 Å². The van der Waals surface area contributed by atoms with Gasteiger partial charge in [0.15, 0.2) is 0 Å². The number of hydrogen-bond acceptors (Lipinski definition) is 3. The van der Waals surface area contributed by atoms with Crippen molar-refractivity contribution in [1.82, 2.24) is 9.88 Å². The normalized spacial score (nSPS) is 15.6. The molecule has 1 aliphatic rings. The highest BCUT2D eigenvalue weighted by Crippen LogP contribution is 2.29. The minimum absolute atomic E-state index is 0.0481. The number of pyridine rings is 1. The molecule has 0 atom stereocenters. The van der Waals surface area contributed by atoms with Crippen LogP contribution in [0.2, 0.25) is 0 Å². The van der Waals surface area contributed by atoms with Crippen molar-refractivity contribution in [2.45, 2.75) is 37.9 Å². The Morgan fingerprint density at radius 2 is 2.10 bits per heavy atom. The van der Waals surface area contributed by atoms with E-state index in [2.05, 4.69) is 4.98 Å². The van der Waals surface area contributed by atoms with E-state index >= 15 is 0 Å². The Labute approximate surface area is 121 Å². The van der Waals surface area contributed by atoms with E-state index in [9.17, 15) is 18.0 Å². The van der Waals surface area contributed by atoms with Crippen molar-refractivity contribution < 1.29 is 18.0 Å². The van der Waals surface area contributed by atoms with E-state index in [1.54, 1.807) is 4.90 Å². The summed E-state index contributed by atoms with van der Waals surface area (Å²) < 4.78 is 37.5. The number of halogens is 3. The van der Waals surface area contributed by atoms with Gasteiger partial charge in [0.05, 0.1) is 5.56 Å². The maximum absolute atomic E-state index is 12.5. The molecule has 0 saturated heterocycles. The van der Waals surface area contributed by atoms with Crippen LogP contribution in [0.5, 0.6) is 0 Å². The van der Waals surface area contributed by atoms with Crippen molar-refractivity contribution in [3.05, 3.63) is 29.6 Å². The lowest BCUT2D eigenvalue weighted by Crippen LogP contribution is -2.45. The van der Waals surface area contributed by atoms with Gasteiger partial charge in [-0.2, -0.15) is 13.2 Å². The van der Waals surface area contributed by atoms with Crippen LogP contribution in [-0.2, 0) is 6.18 Å². The monoisotopic (exact) mass is 301 g/mol. The standard InChI is InChI=1S/C14H18F3N3O/c15-14(16,17)10-5-6-12(19-9-10)13(21)20(8-2-7-18)11-3-1-4-11/h5-6,9,11H,1-4,7-8,18H2. The molecule has 1 saturated carbocycles. The van der Waals surface area contributed by atoms with Gasteiger partial charge in [0.25, 0.3) is 5.91 Å². The van der Waals surface area contributed by atoms with Gasteiger partial charge in [0, 0.05) is 18.8 Å². The average Bonchev–Trinajstić information content (AvgIpc) is 2.39. The average molecular weight is 301 g/mol. The van der Waals surface area contributed by atoms with Crippen molar-refractivity contribution in [3.8, 4) is 0 Å². The molecule has 116 valence electrons. The molecular weight excluding hydrogens is 283 g/mol. The number of aromatic nitrogens is 1. The number of rotatable bonds is 5. The Bertz CT molecular complexity index is 483. The van der Waals surface area contributed by atoms with Crippen molar-refractivity contribution in [3.63, 3.8) is 0 Å². The molecule has 1 aromatic heterocycles. The molecule has 1 aliphatic carbocycles. The van der Waals surface area contributed by atoms with Crippen molar-refractivity contribution in [2.75, 3.05) is 13.1 Å². The molecule has 0 spiro atoms. The van der Waals surface area contributed by atoms with E-state index in [1.165, 1.54) is 0 Å². The smallest absolute Gasteiger partial charge is 0.334 e. The minimum atomic E-state index is -4.44. The molecule has 21 heavy (non-hydrogen) atoms. The fourth-order valence-corrected chi connectivity index (χ4v) is 2.25. The number of nitrogens with two attached hydrogens (primary N) is 1. The lowest BCUT2D eigenvalue weighted by molar-refractivity contribution is -0.137. The van der Waals surface area contributed by atoms with Crippen LogP contribution >= 0.6 is 0 Å². The topological polar surface area (TPSA) is 59.2 Å². The first kappa shape index (κ1) is 15.8. The lowest BCUT2D eigenvalue weighted by Gasteiger charge is -2.37. The van der Waals surface area contributed by atoms with E-state index in [-0.39, 0.29) is 17.6 Å². The van der Waals surface area contributed by atoms with Crippen molar-refractivity contribution in [2.24, 2.45) is 5.73 Å². The number of carbonyl (C=O) groups is 1. The van der Waals surface area contributed by atoms with Gasteiger partial charge >= 0.3 is 6.18 Å². The number of amides is 1. The molecule has 2 rings (SSSR count). The first-order valence-corrected chi connectivity index (χ1v) is 6.98. The predicted molar refractivity (Wildman–Crippen MR) is 71.6 cm³/mol. The van der Waals surface area contributed by atoms with Crippen LogP contribution in [0.4, 0.5) is 13.2 Å². The highest BCUT2D eigenvalue weighted by molar-refractivity contribution is 5.92. The molecule has 0 aliphatic heterocycles. The highest BCUT2D eigenvalue weighted by atomic mass is 19.4. The first-order chi connectivity index (χ1) is 9.93. The van der Waals surface area contributed by atoms with Crippen LogP contribution in [0.25, 0.3) is 0 Å². The lowest BCUT2D eigenvalue weighted by atomic mass is 9.91. The second-order valence-electron chi connectivity index (χ2n) is 5.16. The van der Waals surface area contributed by atoms with E-state index in [0.29, 0.717) is 25.7 Å². The molecule has 0 aromatic carbocycles. The minimum Gasteiger partial charge on any atom is -0.334 e. The van der Waals surface area contributed by atoms with Gasteiger partial charge in [-0.25, -0.2) is 0 Å². The molecule has 1 amide bonds. The predicted octanol–water partition coefficient (Wildman–Crippen LogP) is 2.44. The number of alkyl halides is 3.